The summed E-state index contributed by atoms with van der Waals surface area (Å²) in [5.41, 5.74) is 1.70. The fourth-order valence-electron chi connectivity index (χ4n) is 3.26. The van der Waals surface area contributed by atoms with Gasteiger partial charge in [0.1, 0.15) is 0 Å². The van der Waals surface area contributed by atoms with E-state index in [0.29, 0.717) is 18.5 Å². The number of hydrogen-bond donors (Lipinski definition) is 0. The number of hydrogen-bond acceptors (Lipinski definition) is 4. The zero-order valence-corrected chi connectivity index (χ0v) is 13.9. The highest BCUT2D eigenvalue weighted by Gasteiger charge is 2.25. The van der Waals surface area contributed by atoms with Crippen molar-refractivity contribution < 1.29 is 0 Å². The Balaban J connectivity index is 1.81. The van der Waals surface area contributed by atoms with Crippen molar-refractivity contribution in [2.75, 3.05) is 13.1 Å². The Hall–Kier alpha value is -2.01. The molecule has 1 unspecified atom stereocenters. The first-order valence-corrected chi connectivity index (χ1v) is 8.36. The normalized spacial score (nSPS) is 18.7. The Kier molecular flexibility index (Phi) is 4.86. The van der Waals surface area contributed by atoms with Gasteiger partial charge in [-0.15, -0.1) is 0 Å². The Morgan fingerprint density at radius 3 is 2.91 bits per heavy atom. The second kappa shape index (κ2) is 7.04. The maximum absolute atomic E-state index is 12.2. The summed E-state index contributed by atoms with van der Waals surface area (Å²) in [6.07, 6.45) is 5.85. The topological polar surface area (TPSA) is 51.0 Å². The number of likely N-dealkylation sites (tertiary alicyclic amines) is 1. The summed E-state index contributed by atoms with van der Waals surface area (Å²) in [4.78, 5) is 18.8. The van der Waals surface area contributed by atoms with Crippen LogP contribution < -0.4 is 5.56 Å². The van der Waals surface area contributed by atoms with Crippen LogP contribution in [0.25, 0.3) is 11.3 Å². The lowest BCUT2D eigenvalue weighted by Gasteiger charge is -2.26. The van der Waals surface area contributed by atoms with Crippen LogP contribution in [0.3, 0.4) is 0 Å². The van der Waals surface area contributed by atoms with Crippen LogP contribution in [0.5, 0.6) is 0 Å². The number of aromatic nitrogens is 3. The molecule has 1 aliphatic rings. The van der Waals surface area contributed by atoms with E-state index in [9.17, 15) is 4.79 Å². The fourth-order valence-corrected chi connectivity index (χ4v) is 3.26. The number of rotatable bonds is 5. The van der Waals surface area contributed by atoms with Crippen LogP contribution in [0, 0.1) is 5.92 Å². The maximum Gasteiger partial charge on any atom is 0.266 e. The van der Waals surface area contributed by atoms with Gasteiger partial charge in [-0.25, -0.2) is 4.68 Å². The summed E-state index contributed by atoms with van der Waals surface area (Å²) in [5.74, 6) is 0.641. The zero-order chi connectivity index (χ0) is 16.2. The summed E-state index contributed by atoms with van der Waals surface area (Å²) in [5, 5.41) is 4.56. The highest BCUT2D eigenvalue weighted by Crippen LogP contribution is 2.20. The van der Waals surface area contributed by atoms with Crippen LogP contribution in [0.4, 0.5) is 0 Å². The minimum absolute atomic E-state index is 0.0333. The van der Waals surface area contributed by atoms with Gasteiger partial charge in [-0.3, -0.25) is 14.7 Å². The van der Waals surface area contributed by atoms with E-state index >= 15 is 0 Å². The molecule has 0 saturated carbocycles. The third-order valence-corrected chi connectivity index (χ3v) is 4.31. The molecule has 2 aromatic heterocycles. The van der Waals surface area contributed by atoms with Crippen molar-refractivity contribution in [1.82, 2.24) is 19.7 Å². The summed E-state index contributed by atoms with van der Waals surface area (Å²) in [7, 11) is 0. The lowest BCUT2D eigenvalue weighted by atomic mass is 10.1. The van der Waals surface area contributed by atoms with E-state index in [4.69, 9.17) is 0 Å². The molecule has 1 atom stereocenters. The van der Waals surface area contributed by atoms with Gasteiger partial charge in [-0.1, -0.05) is 13.8 Å². The van der Waals surface area contributed by atoms with E-state index in [1.54, 1.807) is 29.2 Å². The van der Waals surface area contributed by atoms with Crippen molar-refractivity contribution in [3.05, 3.63) is 47.0 Å². The zero-order valence-electron chi connectivity index (χ0n) is 13.9. The summed E-state index contributed by atoms with van der Waals surface area (Å²) >= 11 is 0. The van der Waals surface area contributed by atoms with Crippen molar-refractivity contribution in [2.45, 2.75) is 39.3 Å². The van der Waals surface area contributed by atoms with Crippen molar-refractivity contribution in [3.63, 3.8) is 0 Å². The highest BCUT2D eigenvalue weighted by molar-refractivity contribution is 5.56. The molecule has 0 aromatic carbocycles. The lowest BCUT2D eigenvalue weighted by molar-refractivity contribution is 0.202. The first kappa shape index (κ1) is 15.9. The number of nitrogens with zero attached hydrogens (tertiary/aromatic N) is 4. The van der Waals surface area contributed by atoms with Crippen molar-refractivity contribution in [1.29, 1.82) is 0 Å². The molecule has 2 aromatic rings. The molecule has 122 valence electrons. The molecular formula is C18H24N4O. The lowest BCUT2D eigenvalue weighted by Crippen LogP contribution is -2.38. The van der Waals surface area contributed by atoms with Gasteiger partial charge < -0.3 is 0 Å². The van der Waals surface area contributed by atoms with E-state index in [-0.39, 0.29) is 5.56 Å². The quantitative estimate of drug-likeness (QED) is 0.851. The van der Waals surface area contributed by atoms with Crippen LogP contribution in [-0.2, 0) is 6.54 Å². The average molecular weight is 312 g/mol. The standard InChI is InChI=1S/C18H24N4O/c1-14(2)12-21-10-4-6-16(21)13-22-18(23)8-7-17(20-22)15-5-3-9-19-11-15/h3,5,7-9,11,14,16H,4,6,10,12-13H2,1-2H3. The van der Waals surface area contributed by atoms with Crippen LogP contribution in [0.1, 0.15) is 26.7 Å². The van der Waals surface area contributed by atoms with Gasteiger partial charge in [-0.2, -0.15) is 5.10 Å². The van der Waals surface area contributed by atoms with Crippen molar-refractivity contribution in [2.24, 2.45) is 5.92 Å². The van der Waals surface area contributed by atoms with Gasteiger partial charge in [-0.05, 0) is 43.5 Å². The summed E-state index contributed by atoms with van der Waals surface area (Å²) in [6.45, 7) is 7.35. The molecule has 0 bridgehead atoms. The molecule has 3 rings (SSSR count). The first-order valence-electron chi connectivity index (χ1n) is 8.36. The predicted molar refractivity (Wildman–Crippen MR) is 91.2 cm³/mol. The Labute approximate surface area is 137 Å². The van der Waals surface area contributed by atoms with Crippen molar-refractivity contribution in [3.8, 4) is 11.3 Å². The van der Waals surface area contributed by atoms with E-state index in [2.05, 4.69) is 28.8 Å². The van der Waals surface area contributed by atoms with Crippen molar-refractivity contribution >= 4 is 0 Å². The minimum Gasteiger partial charge on any atom is -0.298 e. The van der Waals surface area contributed by atoms with Gasteiger partial charge in [0.25, 0.3) is 5.56 Å². The molecule has 0 radical (unpaired) electrons. The van der Waals surface area contributed by atoms with E-state index < -0.39 is 0 Å². The van der Waals surface area contributed by atoms with Gasteiger partial charge in [0.15, 0.2) is 0 Å². The molecule has 0 aliphatic carbocycles. The molecule has 5 heteroatoms. The van der Waals surface area contributed by atoms with Gasteiger partial charge in [0.2, 0.25) is 0 Å². The molecule has 1 fully saturated rings. The maximum atomic E-state index is 12.2. The molecule has 0 N–H and O–H groups in total. The fraction of sp³-hybridized carbons (Fsp3) is 0.500. The SMILES string of the molecule is CC(C)CN1CCCC1Cn1nc(-c2cccnc2)ccc1=O. The summed E-state index contributed by atoms with van der Waals surface area (Å²) in [6, 6.07) is 7.64. The Morgan fingerprint density at radius 1 is 1.30 bits per heavy atom. The largest absolute Gasteiger partial charge is 0.298 e. The minimum atomic E-state index is -0.0333. The molecule has 1 saturated heterocycles. The van der Waals surface area contributed by atoms with Crippen LogP contribution in [-0.4, -0.2) is 38.8 Å². The van der Waals surface area contributed by atoms with Gasteiger partial charge in [0, 0.05) is 36.6 Å². The average Bonchev–Trinajstić information content (AvgIpc) is 2.96. The second-order valence-electron chi connectivity index (χ2n) is 6.67. The first-order chi connectivity index (χ1) is 11.1. The van der Waals surface area contributed by atoms with Gasteiger partial charge in [0.05, 0.1) is 12.2 Å². The smallest absolute Gasteiger partial charge is 0.266 e. The van der Waals surface area contributed by atoms with Crippen LogP contribution >= 0.6 is 0 Å². The molecule has 3 heterocycles. The number of pyridine rings is 1. The highest BCUT2D eigenvalue weighted by atomic mass is 16.1. The molecular weight excluding hydrogens is 288 g/mol. The van der Waals surface area contributed by atoms with E-state index in [0.717, 1.165) is 30.8 Å². The Bertz CT molecular complexity index is 696. The predicted octanol–water partition coefficient (Wildman–Crippen LogP) is 2.43. The molecule has 5 nitrogen and oxygen atoms in total. The van der Waals surface area contributed by atoms with E-state index in [1.165, 1.54) is 6.42 Å². The third kappa shape index (κ3) is 3.85. The van der Waals surface area contributed by atoms with Crippen LogP contribution in [0.15, 0.2) is 41.5 Å². The molecule has 0 amide bonds. The Morgan fingerprint density at radius 2 is 2.17 bits per heavy atom. The van der Waals surface area contributed by atoms with E-state index in [1.807, 2.05) is 12.1 Å². The third-order valence-electron chi connectivity index (χ3n) is 4.31. The second-order valence-corrected chi connectivity index (χ2v) is 6.67. The van der Waals surface area contributed by atoms with Gasteiger partial charge >= 0.3 is 0 Å². The molecule has 0 spiro atoms. The summed E-state index contributed by atoms with van der Waals surface area (Å²) < 4.78 is 1.62. The molecule has 23 heavy (non-hydrogen) atoms. The molecule has 1 aliphatic heterocycles. The monoisotopic (exact) mass is 312 g/mol. The van der Waals surface area contributed by atoms with Crippen LogP contribution in [0.2, 0.25) is 0 Å².